The average Bonchev–Trinajstić information content (AvgIpc) is 2.80. The minimum atomic E-state index is -3.59. The van der Waals surface area contributed by atoms with Crippen LogP contribution in [0.1, 0.15) is 5.56 Å². The minimum Gasteiger partial charge on any atom is -0.467 e. The third-order valence-corrected chi connectivity index (χ3v) is 3.00. The van der Waals surface area contributed by atoms with Gasteiger partial charge in [-0.3, -0.25) is 0 Å². The van der Waals surface area contributed by atoms with E-state index in [9.17, 15) is 8.78 Å². The van der Waals surface area contributed by atoms with E-state index >= 15 is 0 Å². The number of alkyl halides is 2. The van der Waals surface area contributed by atoms with Crippen LogP contribution in [0.3, 0.4) is 0 Å². The third-order valence-electron chi connectivity index (χ3n) is 3.00. The Morgan fingerprint density at radius 2 is 2.05 bits per heavy atom. The van der Waals surface area contributed by atoms with E-state index in [1.165, 1.54) is 13.2 Å². The topological polar surface area (TPSA) is 65.5 Å². The molecule has 1 aromatic carbocycles. The van der Waals surface area contributed by atoms with E-state index in [4.69, 9.17) is 4.74 Å². The number of hydrogen-bond acceptors (Lipinski definition) is 6. The molecule has 0 amide bonds. The molecule has 0 saturated carbocycles. The number of nitrogens with one attached hydrogen (secondary N) is 1. The molecule has 1 aromatic heterocycles. The van der Waals surface area contributed by atoms with E-state index in [1.807, 2.05) is 0 Å². The van der Waals surface area contributed by atoms with Crippen molar-refractivity contribution in [1.82, 2.24) is 9.97 Å². The molecule has 22 heavy (non-hydrogen) atoms. The molecule has 0 bridgehead atoms. The molecule has 6 nitrogen and oxygen atoms in total. The molecule has 0 fully saturated rings. The van der Waals surface area contributed by atoms with Crippen LogP contribution in [0.25, 0.3) is 0 Å². The Morgan fingerprint density at radius 3 is 2.86 bits per heavy atom. The van der Waals surface area contributed by atoms with Gasteiger partial charge in [-0.25, -0.2) is 4.98 Å². The lowest BCUT2D eigenvalue weighted by Gasteiger charge is -2.07. The maximum atomic E-state index is 12.9. The van der Waals surface area contributed by atoms with Crippen molar-refractivity contribution < 1.29 is 23.0 Å². The fourth-order valence-corrected chi connectivity index (χ4v) is 2.02. The van der Waals surface area contributed by atoms with Gasteiger partial charge < -0.3 is 19.5 Å². The first kappa shape index (κ1) is 14.3. The number of methoxy groups -OCH3 is 1. The first-order chi connectivity index (χ1) is 10.6. The zero-order valence-electron chi connectivity index (χ0n) is 11.7. The normalized spacial score (nSPS) is 14.7. The molecule has 0 spiro atoms. The van der Waals surface area contributed by atoms with Gasteiger partial charge in [0.1, 0.15) is 5.82 Å². The predicted octanol–water partition coefficient (Wildman–Crippen LogP) is 2.46. The van der Waals surface area contributed by atoms with Gasteiger partial charge in [0.15, 0.2) is 11.5 Å². The van der Waals surface area contributed by atoms with Crippen molar-refractivity contribution in [3.05, 3.63) is 36.0 Å². The van der Waals surface area contributed by atoms with Crippen molar-refractivity contribution in [1.29, 1.82) is 0 Å². The number of halogens is 2. The molecule has 2 heterocycles. The van der Waals surface area contributed by atoms with Crippen LogP contribution in [0, 0.1) is 0 Å². The molecule has 1 N–H and O–H groups in total. The highest BCUT2D eigenvalue weighted by molar-refractivity contribution is 5.45. The molecule has 3 rings (SSSR count). The summed E-state index contributed by atoms with van der Waals surface area (Å²) in [6, 6.07) is 6.71. The fourth-order valence-electron chi connectivity index (χ4n) is 2.02. The number of hydrogen-bond donors (Lipinski definition) is 1. The van der Waals surface area contributed by atoms with Crippen molar-refractivity contribution in [2.24, 2.45) is 0 Å². The summed E-state index contributed by atoms with van der Waals surface area (Å²) in [5.41, 5.74) is 0.841. The smallest absolute Gasteiger partial charge is 0.467 e. The summed E-state index contributed by atoms with van der Waals surface area (Å²) < 4.78 is 39.6. The summed E-state index contributed by atoms with van der Waals surface area (Å²) >= 11 is 0. The Labute approximate surface area is 125 Å². The van der Waals surface area contributed by atoms with E-state index < -0.39 is 6.29 Å². The van der Waals surface area contributed by atoms with Crippen LogP contribution in [0.2, 0.25) is 0 Å². The summed E-state index contributed by atoms with van der Waals surface area (Å²) in [6.07, 6.45) is -1.40. The van der Waals surface area contributed by atoms with Gasteiger partial charge in [0.25, 0.3) is 0 Å². The van der Waals surface area contributed by atoms with Gasteiger partial charge in [0, 0.05) is 12.7 Å². The van der Waals surface area contributed by atoms with E-state index in [0.29, 0.717) is 18.8 Å². The molecule has 116 valence electrons. The van der Waals surface area contributed by atoms with E-state index in [1.54, 1.807) is 24.4 Å². The highest BCUT2D eigenvalue weighted by Crippen LogP contribution is 2.41. The zero-order valence-corrected chi connectivity index (χ0v) is 11.7. The molecule has 2 aromatic rings. The molecule has 8 heteroatoms. The molecule has 0 saturated heterocycles. The van der Waals surface area contributed by atoms with Crippen LogP contribution in [-0.2, 0) is 6.42 Å². The Hall–Kier alpha value is -2.64. The predicted molar refractivity (Wildman–Crippen MR) is 73.4 cm³/mol. The second-order valence-corrected chi connectivity index (χ2v) is 4.55. The van der Waals surface area contributed by atoms with Crippen LogP contribution in [-0.4, -0.2) is 29.9 Å². The number of benzene rings is 1. The number of rotatable bonds is 5. The SMILES string of the molecule is COc1nccc(NCCc2ccc3c(c2)OC(F)(F)O3)n1. The summed E-state index contributed by atoms with van der Waals surface area (Å²) in [7, 11) is 1.49. The number of aromatic nitrogens is 2. The molecule has 1 aliphatic heterocycles. The van der Waals surface area contributed by atoms with Crippen LogP contribution in [0.15, 0.2) is 30.5 Å². The van der Waals surface area contributed by atoms with Gasteiger partial charge in [-0.05, 0) is 30.2 Å². The Morgan fingerprint density at radius 1 is 1.23 bits per heavy atom. The fraction of sp³-hybridized carbons (Fsp3) is 0.286. The van der Waals surface area contributed by atoms with Gasteiger partial charge in [0.05, 0.1) is 7.11 Å². The van der Waals surface area contributed by atoms with Gasteiger partial charge >= 0.3 is 12.3 Å². The van der Waals surface area contributed by atoms with Crippen LogP contribution in [0.5, 0.6) is 17.5 Å². The Bertz CT molecular complexity index is 682. The minimum absolute atomic E-state index is 0.0437. The van der Waals surface area contributed by atoms with Crippen molar-refractivity contribution >= 4 is 5.82 Å². The highest BCUT2D eigenvalue weighted by atomic mass is 19.3. The van der Waals surface area contributed by atoms with Gasteiger partial charge in [0.2, 0.25) is 0 Å². The molecule has 0 radical (unpaired) electrons. The molecule has 0 atom stereocenters. The van der Waals surface area contributed by atoms with E-state index in [-0.39, 0.29) is 17.5 Å². The third kappa shape index (κ3) is 3.16. The lowest BCUT2D eigenvalue weighted by molar-refractivity contribution is -0.286. The Balaban J connectivity index is 1.59. The first-order valence-corrected chi connectivity index (χ1v) is 6.55. The van der Waals surface area contributed by atoms with Crippen LogP contribution < -0.4 is 19.5 Å². The van der Waals surface area contributed by atoms with Crippen molar-refractivity contribution in [2.75, 3.05) is 19.0 Å². The second-order valence-electron chi connectivity index (χ2n) is 4.55. The second kappa shape index (κ2) is 5.63. The molecule has 1 aliphatic rings. The van der Waals surface area contributed by atoms with Crippen LogP contribution >= 0.6 is 0 Å². The highest BCUT2D eigenvalue weighted by Gasteiger charge is 2.43. The monoisotopic (exact) mass is 309 g/mol. The number of anilines is 1. The summed E-state index contributed by atoms with van der Waals surface area (Å²) in [6.45, 7) is 0.566. The first-order valence-electron chi connectivity index (χ1n) is 6.55. The molecule has 0 aliphatic carbocycles. The van der Waals surface area contributed by atoms with Gasteiger partial charge in [-0.1, -0.05) is 6.07 Å². The number of ether oxygens (including phenoxy) is 3. The lowest BCUT2D eigenvalue weighted by Crippen LogP contribution is -2.25. The standard InChI is InChI=1S/C14H13F2N3O3/c1-20-13-18-7-5-12(19-13)17-6-4-9-2-3-10-11(8-9)22-14(15,16)21-10/h2-3,5,7-8H,4,6H2,1H3,(H,17,18,19). The molecule has 0 unspecified atom stereocenters. The van der Waals surface area contributed by atoms with E-state index in [2.05, 4.69) is 24.8 Å². The number of fused-ring (bicyclic) bond motifs is 1. The van der Waals surface area contributed by atoms with Crippen molar-refractivity contribution in [3.63, 3.8) is 0 Å². The average molecular weight is 309 g/mol. The van der Waals surface area contributed by atoms with Gasteiger partial charge in [-0.2, -0.15) is 4.98 Å². The quantitative estimate of drug-likeness (QED) is 0.915. The maximum absolute atomic E-state index is 12.9. The summed E-state index contributed by atoms with van der Waals surface area (Å²) in [4.78, 5) is 8.01. The summed E-state index contributed by atoms with van der Waals surface area (Å²) in [5, 5.41) is 3.10. The lowest BCUT2D eigenvalue weighted by atomic mass is 10.1. The van der Waals surface area contributed by atoms with Crippen molar-refractivity contribution in [2.45, 2.75) is 12.7 Å². The summed E-state index contributed by atoms with van der Waals surface area (Å²) in [5.74, 6) is 0.715. The Kier molecular flexibility index (Phi) is 3.66. The van der Waals surface area contributed by atoms with E-state index in [0.717, 1.165) is 5.56 Å². The van der Waals surface area contributed by atoms with Crippen molar-refractivity contribution in [3.8, 4) is 17.5 Å². The van der Waals surface area contributed by atoms with Gasteiger partial charge in [-0.15, -0.1) is 8.78 Å². The largest absolute Gasteiger partial charge is 0.586 e. The maximum Gasteiger partial charge on any atom is 0.586 e. The van der Waals surface area contributed by atoms with Crippen LogP contribution in [0.4, 0.5) is 14.6 Å². The zero-order chi connectivity index (χ0) is 15.6. The number of nitrogens with zero attached hydrogens (tertiary/aromatic N) is 2. The molecular formula is C14H13F2N3O3. The molecular weight excluding hydrogens is 296 g/mol.